The van der Waals surface area contributed by atoms with Gasteiger partial charge in [0.2, 0.25) is 0 Å². The molecule has 0 bridgehead atoms. The SMILES string of the molecule is CC(C)(C)n1nc(C(=O)Nc2ccc(OCCN)cc2)cc1C1CC1.Cl. The number of ether oxygens (including phenoxy) is 1. The van der Waals surface area contributed by atoms with Gasteiger partial charge in [0.25, 0.3) is 5.91 Å². The zero-order valence-electron chi connectivity index (χ0n) is 15.5. The first-order valence-electron chi connectivity index (χ1n) is 8.73. The number of halogens is 1. The van der Waals surface area contributed by atoms with Crippen LogP contribution in [0.2, 0.25) is 0 Å². The van der Waals surface area contributed by atoms with Crippen LogP contribution >= 0.6 is 12.4 Å². The third kappa shape index (κ3) is 4.77. The first-order chi connectivity index (χ1) is 11.9. The summed E-state index contributed by atoms with van der Waals surface area (Å²) in [6, 6.07) is 9.18. The Balaban J connectivity index is 0.00000243. The quantitative estimate of drug-likeness (QED) is 0.805. The number of hydrogen-bond acceptors (Lipinski definition) is 4. The minimum atomic E-state index is -0.194. The molecule has 1 amide bonds. The highest BCUT2D eigenvalue weighted by Gasteiger charge is 2.32. The molecule has 6 nitrogen and oxygen atoms in total. The van der Waals surface area contributed by atoms with Gasteiger partial charge in [-0.2, -0.15) is 5.10 Å². The summed E-state index contributed by atoms with van der Waals surface area (Å²) in [5, 5.41) is 7.46. The fourth-order valence-corrected chi connectivity index (χ4v) is 2.72. The Morgan fingerprint density at radius 1 is 1.31 bits per heavy atom. The van der Waals surface area contributed by atoms with Crippen LogP contribution in [0, 0.1) is 0 Å². The van der Waals surface area contributed by atoms with Crippen molar-refractivity contribution >= 4 is 24.0 Å². The third-order valence-electron chi connectivity index (χ3n) is 4.10. The number of hydrogen-bond donors (Lipinski definition) is 2. The van der Waals surface area contributed by atoms with Gasteiger partial charge in [0.1, 0.15) is 12.4 Å². The minimum Gasteiger partial charge on any atom is -0.492 e. The highest BCUT2D eigenvalue weighted by molar-refractivity contribution is 6.03. The fraction of sp³-hybridized carbons (Fsp3) is 0.474. The molecule has 0 unspecified atom stereocenters. The molecule has 1 aliphatic rings. The lowest BCUT2D eigenvalue weighted by atomic mass is 10.1. The van der Waals surface area contributed by atoms with E-state index in [4.69, 9.17) is 10.5 Å². The van der Waals surface area contributed by atoms with Gasteiger partial charge in [0.05, 0.1) is 5.54 Å². The van der Waals surface area contributed by atoms with Gasteiger partial charge in [-0.25, -0.2) is 0 Å². The topological polar surface area (TPSA) is 82.2 Å². The maximum absolute atomic E-state index is 12.6. The van der Waals surface area contributed by atoms with Gasteiger partial charge < -0.3 is 15.8 Å². The molecule has 1 saturated carbocycles. The normalized spacial score (nSPS) is 13.8. The Bertz CT molecular complexity index is 746. The summed E-state index contributed by atoms with van der Waals surface area (Å²) in [6.45, 7) is 7.26. The minimum absolute atomic E-state index is 0. The van der Waals surface area contributed by atoms with Crippen molar-refractivity contribution in [3.05, 3.63) is 41.7 Å². The smallest absolute Gasteiger partial charge is 0.276 e. The molecule has 1 aliphatic carbocycles. The maximum atomic E-state index is 12.6. The molecule has 0 saturated heterocycles. The summed E-state index contributed by atoms with van der Waals surface area (Å²) < 4.78 is 7.43. The van der Waals surface area contributed by atoms with E-state index in [2.05, 4.69) is 31.2 Å². The van der Waals surface area contributed by atoms with Gasteiger partial charge in [0.15, 0.2) is 5.69 Å². The molecule has 1 aromatic heterocycles. The fourth-order valence-electron chi connectivity index (χ4n) is 2.72. The molecule has 2 aromatic rings. The van der Waals surface area contributed by atoms with E-state index in [1.54, 1.807) is 0 Å². The summed E-state index contributed by atoms with van der Waals surface area (Å²) in [5.74, 6) is 1.07. The van der Waals surface area contributed by atoms with Crippen molar-refractivity contribution in [1.82, 2.24) is 9.78 Å². The molecule has 26 heavy (non-hydrogen) atoms. The van der Waals surface area contributed by atoms with E-state index in [0.717, 1.165) is 11.4 Å². The van der Waals surface area contributed by atoms with E-state index >= 15 is 0 Å². The zero-order chi connectivity index (χ0) is 18.0. The Labute approximate surface area is 160 Å². The van der Waals surface area contributed by atoms with Crippen LogP contribution in [0.5, 0.6) is 5.75 Å². The number of benzene rings is 1. The van der Waals surface area contributed by atoms with Crippen molar-refractivity contribution in [3.8, 4) is 5.75 Å². The van der Waals surface area contributed by atoms with Crippen molar-refractivity contribution in [1.29, 1.82) is 0 Å². The predicted octanol–water partition coefficient (Wildman–Crippen LogP) is 3.53. The van der Waals surface area contributed by atoms with Gasteiger partial charge in [-0.3, -0.25) is 9.48 Å². The first-order valence-corrected chi connectivity index (χ1v) is 8.73. The first kappa shape index (κ1) is 20.3. The second kappa shape index (κ2) is 8.10. The predicted molar refractivity (Wildman–Crippen MR) is 105 cm³/mol. The van der Waals surface area contributed by atoms with Crippen molar-refractivity contribution in [2.24, 2.45) is 5.73 Å². The molecular weight excluding hydrogens is 352 g/mol. The molecule has 3 rings (SSSR count). The lowest BCUT2D eigenvalue weighted by Gasteiger charge is -2.22. The second-order valence-corrected chi connectivity index (χ2v) is 7.43. The molecule has 0 atom stereocenters. The van der Waals surface area contributed by atoms with Crippen LogP contribution in [0.3, 0.4) is 0 Å². The highest BCUT2D eigenvalue weighted by atomic mass is 35.5. The third-order valence-corrected chi connectivity index (χ3v) is 4.10. The monoisotopic (exact) mass is 378 g/mol. The zero-order valence-corrected chi connectivity index (χ0v) is 16.3. The number of amides is 1. The van der Waals surface area contributed by atoms with Gasteiger partial charge in [0, 0.05) is 23.8 Å². The molecular formula is C19H27ClN4O2. The number of aromatic nitrogens is 2. The van der Waals surface area contributed by atoms with E-state index in [9.17, 15) is 4.79 Å². The van der Waals surface area contributed by atoms with Gasteiger partial charge in [-0.05, 0) is 63.9 Å². The number of rotatable bonds is 6. The molecule has 0 spiro atoms. The van der Waals surface area contributed by atoms with Crippen LogP contribution in [-0.4, -0.2) is 28.8 Å². The van der Waals surface area contributed by atoms with Crippen molar-refractivity contribution in [3.63, 3.8) is 0 Å². The van der Waals surface area contributed by atoms with Crippen molar-refractivity contribution < 1.29 is 9.53 Å². The average molecular weight is 379 g/mol. The standard InChI is InChI=1S/C19H26N4O2.ClH/c1-19(2,3)23-17(13-4-5-13)12-16(22-23)18(24)21-14-6-8-15(9-7-14)25-11-10-20;/h6-9,12-13H,4-5,10-11,20H2,1-3H3,(H,21,24);1H. The summed E-state index contributed by atoms with van der Waals surface area (Å²) in [4.78, 5) is 12.6. The van der Waals surface area contributed by atoms with Crippen LogP contribution < -0.4 is 15.8 Å². The Kier molecular flexibility index (Phi) is 6.31. The number of carbonyl (C=O) groups is 1. The van der Waals surface area contributed by atoms with Crippen LogP contribution in [-0.2, 0) is 5.54 Å². The largest absolute Gasteiger partial charge is 0.492 e. The van der Waals surface area contributed by atoms with E-state index in [1.807, 2.05) is 35.0 Å². The Hall–Kier alpha value is -2.05. The average Bonchev–Trinajstić information content (AvgIpc) is 3.31. The molecule has 142 valence electrons. The molecule has 1 aromatic carbocycles. The highest BCUT2D eigenvalue weighted by Crippen LogP contribution is 2.41. The van der Waals surface area contributed by atoms with Crippen LogP contribution in [0.25, 0.3) is 0 Å². The van der Waals surface area contributed by atoms with Crippen LogP contribution in [0.15, 0.2) is 30.3 Å². The van der Waals surface area contributed by atoms with Crippen LogP contribution in [0.4, 0.5) is 5.69 Å². The van der Waals surface area contributed by atoms with Crippen molar-refractivity contribution in [2.45, 2.75) is 45.1 Å². The molecule has 1 heterocycles. The molecule has 7 heteroatoms. The maximum Gasteiger partial charge on any atom is 0.276 e. The lowest BCUT2D eigenvalue weighted by molar-refractivity contribution is 0.102. The molecule has 3 N–H and O–H groups in total. The number of carbonyl (C=O) groups excluding carboxylic acids is 1. The lowest BCUT2D eigenvalue weighted by Crippen LogP contribution is -2.25. The molecule has 0 aliphatic heterocycles. The number of nitrogens with zero attached hydrogens (tertiary/aromatic N) is 2. The summed E-state index contributed by atoms with van der Waals surface area (Å²) in [7, 11) is 0. The number of nitrogens with two attached hydrogens (primary N) is 1. The van der Waals surface area contributed by atoms with Gasteiger partial charge >= 0.3 is 0 Å². The summed E-state index contributed by atoms with van der Waals surface area (Å²) in [6.07, 6.45) is 2.35. The molecule has 1 fully saturated rings. The Morgan fingerprint density at radius 2 is 1.96 bits per heavy atom. The van der Waals surface area contributed by atoms with Crippen molar-refractivity contribution in [2.75, 3.05) is 18.5 Å². The van der Waals surface area contributed by atoms with E-state index < -0.39 is 0 Å². The van der Waals surface area contributed by atoms with Crippen LogP contribution in [0.1, 0.15) is 55.7 Å². The molecule has 0 radical (unpaired) electrons. The second-order valence-electron chi connectivity index (χ2n) is 7.43. The van der Waals surface area contributed by atoms with E-state index in [-0.39, 0.29) is 23.9 Å². The summed E-state index contributed by atoms with van der Waals surface area (Å²) in [5.41, 5.74) is 7.60. The summed E-state index contributed by atoms with van der Waals surface area (Å²) >= 11 is 0. The van der Waals surface area contributed by atoms with E-state index in [1.165, 1.54) is 12.8 Å². The number of anilines is 1. The number of nitrogens with one attached hydrogen (secondary N) is 1. The Morgan fingerprint density at radius 3 is 2.50 bits per heavy atom. The van der Waals surface area contributed by atoms with Gasteiger partial charge in [-0.15, -0.1) is 12.4 Å². The van der Waals surface area contributed by atoms with E-state index in [0.29, 0.717) is 30.5 Å². The van der Waals surface area contributed by atoms with Gasteiger partial charge in [-0.1, -0.05) is 0 Å².